The lowest BCUT2D eigenvalue weighted by Crippen LogP contribution is -2.34. The van der Waals surface area contributed by atoms with E-state index in [4.69, 9.17) is 60.4 Å². The molecule has 0 N–H and O–H groups in total. The van der Waals surface area contributed by atoms with Crippen molar-refractivity contribution in [3.8, 4) is 17.2 Å². The number of methoxy groups -OCH3 is 1. The van der Waals surface area contributed by atoms with Gasteiger partial charge in [0.25, 0.3) is 0 Å². The van der Waals surface area contributed by atoms with Gasteiger partial charge in [-0.25, -0.2) is 0 Å². The fourth-order valence-electron chi connectivity index (χ4n) is 4.94. The second-order valence-corrected chi connectivity index (χ2v) is 19.8. The number of ether oxygens (including phenoxy) is 3. The highest BCUT2D eigenvalue weighted by molar-refractivity contribution is 8.09. The second-order valence-electron chi connectivity index (χ2n) is 11.6. The van der Waals surface area contributed by atoms with E-state index < -0.39 is 13.2 Å². The van der Waals surface area contributed by atoms with E-state index in [2.05, 4.69) is 35.2 Å². The quantitative estimate of drug-likeness (QED) is 0.0564. The largest absolute Gasteiger partial charge is 0.497 e. The fourth-order valence-corrected chi connectivity index (χ4v) is 8.48. The zero-order chi connectivity index (χ0) is 36.7. The number of nitrogens with zero attached hydrogens (tertiary/aromatic N) is 1. The molecule has 0 radical (unpaired) electrons. The number of hydrogen-bond acceptors (Lipinski definition) is 12. The van der Waals surface area contributed by atoms with Crippen LogP contribution >= 0.6 is 25.0 Å². The van der Waals surface area contributed by atoms with Crippen molar-refractivity contribution in [1.29, 1.82) is 0 Å². The number of rotatable bonds is 22. The van der Waals surface area contributed by atoms with Crippen LogP contribution in [0.5, 0.6) is 17.2 Å². The summed E-state index contributed by atoms with van der Waals surface area (Å²) in [6, 6.07) is 32.1. The third kappa shape index (κ3) is 13.9. The Morgan fingerprint density at radius 2 is 1.41 bits per heavy atom. The van der Waals surface area contributed by atoms with E-state index in [1.165, 1.54) is 19.8 Å². The molecule has 9 nitrogen and oxygen atoms in total. The summed E-state index contributed by atoms with van der Waals surface area (Å²) >= 11 is 12.8. The summed E-state index contributed by atoms with van der Waals surface area (Å²) in [7, 11) is 10.2. The average Bonchev–Trinajstić information content (AvgIpc) is 3.14. The summed E-state index contributed by atoms with van der Waals surface area (Å²) in [6.45, 7) is -4.42. The Labute approximate surface area is 317 Å². The van der Waals surface area contributed by atoms with Crippen molar-refractivity contribution >= 4 is 48.6 Å². The maximum atomic E-state index is 6.32. The molecule has 4 aromatic carbocycles. The van der Waals surface area contributed by atoms with Crippen molar-refractivity contribution in [2.75, 3.05) is 62.5 Å². The molecule has 51 heavy (non-hydrogen) atoms. The van der Waals surface area contributed by atoms with Gasteiger partial charge >= 0.3 is 6.72 Å². The summed E-state index contributed by atoms with van der Waals surface area (Å²) < 4.78 is 45.9. The molecule has 0 amide bonds. The highest BCUT2D eigenvalue weighted by Gasteiger charge is 2.21. The lowest BCUT2D eigenvalue weighted by molar-refractivity contribution is -0.0608. The lowest BCUT2D eigenvalue weighted by Gasteiger charge is -2.25. The summed E-state index contributed by atoms with van der Waals surface area (Å²) in [6.07, 6.45) is 1.94. The van der Waals surface area contributed by atoms with Crippen molar-refractivity contribution in [2.24, 2.45) is 0 Å². The monoisotopic (exact) mass is 791 g/mol. The Bertz CT molecular complexity index is 1740. The Balaban J connectivity index is 1.28. The molecular weight excluding hydrogens is 745 g/mol. The van der Waals surface area contributed by atoms with Crippen molar-refractivity contribution in [2.45, 2.75) is 34.9 Å². The molecule has 0 aromatic heterocycles. The minimum absolute atomic E-state index is 0.00145. The van der Waals surface area contributed by atoms with Crippen LogP contribution in [0, 0.1) is 0 Å². The number of aryl methyl sites for hydroxylation is 2. The van der Waals surface area contributed by atoms with E-state index in [1.54, 1.807) is 26.0 Å². The van der Waals surface area contributed by atoms with Gasteiger partial charge in [-0.15, -0.1) is 0 Å². The van der Waals surface area contributed by atoms with Crippen LogP contribution in [0.1, 0.15) is 16.7 Å². The summed E-state index contributed by atoms with van der Waals surface area (Å²) in [4.78, 5) is 4.19. The van der Waals surface area contributed by atoms with Crippen LogP contribution in [0.2, 0.25) is 0 Å². The van der Waals surface area contributed by atoms with E-state index in [0.717, 1.165) is 45.3 Å². The molecule has 0 saturated heterocycles. The van der Waals surface area contributed by atoms with Crippen molar-refractivity contribution in [3.05, 3.63) is 114 Å². The molecule has 0 spiro atoms. The van der Waals surface area contributed by atoms with Crippen LogP contribution in [0.15, 0.2) is 107 Å². The molecule has 0 fully saturated rings. The Morgan fingerprint density at radius 1 is 0.725 bits per heavy atom. The molecule has 2 atom stereocenters. The molecule has 4 aromatic rings. The molecule has 0 bridgehead atoms. The van der Waals surface area contributed by atoms with E-state index >= 15 is 0 Å². The molecule has 276 valence electrons. The summed E-state index contributed by atoms with van der Waals surface area (Å²) in [5.74, 6) is 2.30. The van der Waals surface area contributed by atoms with Gasteiger partial charge in [-0.2, -0.15) is 0 Å². The van der Waals surface area contributed by atoms with Gasteiger partial charge in [0.1, 0.15) is 30.0 Å². The normalized spacial score (nSPS) is 13.5. The van der Waals surface area contributed by atoms with Gasteiger partial charge in [0.15, 0.2) is 13.3 Å². The number of hydrogen-bond donors (Lipinski definition) is 0. The van der Waals surface area contributed by atoms with Gasteiger partial charge in [-0.05, 0) is 110 Å². The Morgan fingerprint density at radius 3 is 2.06 bits per heavy atom. The van der Waals surface area contributed by atoms with Gasteiger partial charge in [0.2, 0.25) is 0 Å². The molecule has 0 saturated carbocycles. The topological polar surface area (TPSA) is 77.1 Å². The highest BCUT2D eigenvalue weighted by Crippen LogP contribution is 2.51. The minimum Gasteiger partial charge on any atom is -0.497 e. The number of para-hydroxylation sites is 1. The van der Waals surface area contributed by atoms with Gasteiger partial charge in [0.05, 0.1) is 7.11 Å². The molecule has 14 heteroatoms. The van der Waals surface area contributed by atoms with Gasteiger partial charge in [-0.3, -0.25) is 0 Å². The van der Waals surface area contributed by atoms with E-state index in [-0.39, 0.29) is 12.9 Å². The predicted molar refractivity (Wildman–Crippen MR) is 213 cm³/mol. The van der Waals surface area contributed by atoms with E-state index in [1.807, 2.05) is 80.8 Å². The molecular formula is C37H47NO8P2S3. The fraction of sp³-hybridized carbons (Fsp3) is 0.351. The first-order valence-corrected chi connectivity index (χ1v) is 22.4. The average molecular weight is 792 g/mol. The molecule has 0 aliphatic carbocycles. The first kappa shape index (κ1) is 41.4. The zero-order valence-corrected chi connectivity index (χ0v) is 34.1. The zero-order valence-electron chi connectivity index (χ0n) is 29.9. The summed E-state index contributed by atoms with van der Waals surface area (Å²) in [5.41, 5.74) is 3.37. The number of benzene rings is 4. The van der Waals surface area contributed by atoms with Gasteiger partial charge in [0, 0.05) is 55.6 Å². The first-order valence-electron chi connectivity index (χ1n) is 16.2. The number of likely N-dealkylation sites (N-methyl/N-ethyl adjacent to an activating group) is 1. The third-order valence-electron chi connectivity index (χ3n) is 7.64. The molecule has 1 unspecified atom stereocenters. The molecule has 0 aliphatic rings. The maximum absolute atomic E-state index is 6.32. The lowest BCUT2D eigenvalue weighted by atomic mass is 10.0. The standard InChI is InChI=1S/C37H47NO8P2S3/c1-38(2)25-34(26-43-37-13-8-7-11-31(37)17-14-29-10-9-12-33(24-29)39-3)44-28-45-47(49,40-4)27-30-15-20-35(21-16-30)51-36-22-18-32(19-23-36)46-48(50,41-5)42-6/h7-13,15-16,18-24,34H,14,17,25-28H2,1-6H3/t34-,47?/m0/s1. The highest BCUT2D eigenvalue weighted by atomic mass is 32.5. The predicted octanol–water partition coefficient (Wildman–Crippen LogP) is 8.98. The van der Waals surface area contributed by atoms with Crippen molar-refractivity contribution in [3.63, 3.8) is 0 Å². The molecule has 0 heterocycles. The Hall–Kier alpha value is -2.31. The SMILES string of the molecule is COc1cccc(CCc2ccccc2OC[C@H](CN(C)C)OCOP(=S)(Cc2ccc(Sc3ccc(OP(=S)(OC)OC)cc3)cc2)OC)c1. The smallest absolute Gasteiger partial charge is 0.380 e. The molecule has 0 aliphatic heterocycles. The van der Waals surface area contributed by atoms with Gasteiger partial charge < -0.3 is 41.7 Å². The molecule has 4 rings (SSSR count). The van der Waals surface area contributed by atoms with E-state index in [9.17, 15) is 0 Å². The Kier molecular flexibility index (Phi) is 16.9. The van der Waals surface area contributed by atoms with E-state index in [0.29, 0.717) is 25.1 Å². The van der Waals surface area contributed by atoms with Crippen LogP contribution < -0.4 is 14.0 Å². The van der Waals surface area contributed by atoms with Crippen LogP contribution in [0.25, 0.3) is 0 Å². The van der Waals surface area contributed by atoms with Crippen LogP contribution in [0.4, 0.5) is 0 Å². The van der Waals surface area contributed by atoms with Crippen LogP contribution in [-0.2, 0) is 65.4 Å². The van der Waals surface area contributed by atoms with Gasteiger partial charge in [-0.1, -0.05) is 54.2 Å². The third-order valence-corrected chi connectivity index (χ3v) is 14.1. The van der Waals surface area contributed by atoms with Crippen LogP contribution in [-0.4, -0.2) is 73.5 Å². The summed E-state index contributed by atoms with van der Waals surface area (Å²) in [5, 5.41) is 0. The second kappa shape index (κ2) is 20.8. The van der Waals surface area contributed by atoms with Crippen molar-refractivity contribution in [1.82, 2.24) is 4.90 Å². The maximum Gasteiger partial charge on any atom is 0.380 e. The van der Waals surface area contributed by atoms with Crippen LogP contribution in [0.3, 0.4) is 0 Å². The van der Waals surface area contributed by atoms with Crippen molar-refractivity contribution < 1.29 is 36.8 Å². The minimum atomic E-state index is -2.78. The first-order chi connectivity index (χ1) is 24.6.